The van der Waals surface area contributed by atoms with Gasteiger partial charge in [0.25, 0.3) is 0 Å². The summed E-state index contributed by atoms with van der Waals surface area (Å²) in [6.07, 6.45) is 4.05. The van der Waals surface area contributed by atoms with Gasteiger partial charge >= 0.3 is 0 Å². The zero-order valence-electron chi connectivity index (χ0n) is 17.0. The Morgan fingerprint density at radius 2 is 1.71 bits per heavy atom. The van der Waals surface area contributed by atoms with Crippen LogP contribution in [0.25, 0.3) is 0 Å². The van der Waals surface area contributed by atoms with Crippen LogP contribution in [0.2, 0.25) is 0 Å². The third kappa shape index (κ3) is 4.85. The zero-order chi connectivity index (χ0) is 20.1. The van der Waals surface area contributed by atoms with Gasteiger partial charge in [-0.2, -0.15) is 4.31 Å². The summed E-state index contributed by atoms with van der Waals surface area (Å²) in [6.45, 7) is 6.68. The molecular weight excluding hydrogens is 376 g/mol. The van der Waals surface area contributed by atoms with Crippen LogP contribution in [0.4, 0.5) is 11.4 Å². The molecule has 0 unspecified atom stereocenters. The maximum absolute atomic E-state index is 13.1. The Hall–Kier alpha value is -1.64. The van der Waals surface area contributed by atoms with Crippen molar-refractivity contribution < 1.29 is 13.2 Å². The number of hydrogen-bond acceptors (Lipinski definition) is 5. The molecule has 2 saturated heterocycles. The second-order valence-corrected chi connectivity index (χ2v) is 9.67. The van der Waals surface area contributed by atoms with Crippen molar-refractivity contribution in [3.63, 3.8) is 0 Å². The van der Waals surface area contributed by atoms with Crippen molar-refractivity contribution >= 4 is 27.3 Å². The lowest BCUT2D eigenvalue weighted by molar-refractivity contribution is -0.116. The Balaban J connectivity index is 1.91. The number of sulfonamides is 1. The Morgan fingerprint density at radius 1 is 1.04 bits per heavy atom. The molecule has 2 heterocycles. The fraction of sp³-hybridized carbons (Fsp3) is 0.650. The minimum atomic E-state index is -3.53. The maximum atomic E-state index is 13.1. The number of piperazine rings is 1. The quantitative estimate of drug-likeness (QED) is 0.782. The van der Waals surface area contributed by atoms with Gasteiger partial charge in [0.2, 0.25) is 15.9 Å². The van der Waals surface area contributed by atoms with Gasteiger partial charge < -0.3 is 15.1 Å². The molecule has 8 heteroatoms. The van der Waals surface area contributed by atoms with Gasteiger partial charge in [-0.25, -0.2) is 8.42 Å². The van der Waals surface area contributed by atoms with Gasteiger partial charge in [0.15, 0.2) is 0 Å². The summed E-state index contributed by atoms with van der Waals surface area (Å²) in [4.78, 5) is 17.0. The van der Waals surface area contributed by atoms with Crippen molar-refractivity contribution in [3.8, 4) is 0 Å². The number of hydrogen-bond donors (Lipinski definition) is 1. The van der Waals surface area contributed by atoms with Crippen molar-refractivity contribution in [2.45, 2.75) is 43.9 Å². The monoisotopic (exact) mass is 408 g/mol. The number of carbonyl (C=O) groups is 1. The van der Waals surface area contributed by atoms with E-state index in [4.69, 9.17) is 0 Å². The summed E-state index contributed by atoms with van der Waals surface area (Å²) in [5.74, 6) is -0.0783. The number of benzene rings is 1. The fourth-order valence-corrected chi connectivity index (χ4v) is 5.34. The molecule has 0 radical (unpaired) electrons. The Kier molecular flexibility index (Phi) is 6.95. The molecule has 28 heavy (non-hydrogen) atoms. The van der Waals surface area contributed by atoms with Crippen LogP contribution >= 0.6 is 0 Å². The van der Waals surface area contributed by atoms with Crippen LogP contribution in [-0.4, -0.2) is 69.8 Å². The van der Waals surface area contributed by atoms with Gasteiger partial charge in [-0.1, -0.05) is 13.3 Å². The van der Waals surface area contributed by atoms with Crippen molar-refractivity contribution in [1.82, 2.24) is 9.21 Å². The van der Waals surface area contributed by atoms with E-state index in [9.17, 15) is 13.2 Å². The Morgan fingerprint density at radius 3 is 2.36 bits per heavy atom. The van der Waals surface area contributed by atoms with Crippen LogP contribution in [0.5, 0.6) is 0 Å². The summed E-state index contributed by atoms with van der Waals surface area (Å²) >= 11 is 0. The summed E-state index contributed by atoms with van der Waals surface area (Å²) in [5.41, 5.74) is 1.50. The van der Waals surface area contributed by atoms with Gasteiger partial charge in [0, 0.05) is 45.7 Å². The molecule has 0 aromatic heterocycles. The smallest absolute Gasteiger partial charge is 0.243 e. The summed E-state index contributed by atoms with van der Waals surface area (Å²) in [6, 6.07) is 5.18. The number of rotatable bonds is 6. The minimum Gasteiger partial charge on any atom is -0.367 e. The number of carbonyl (C=O) groups excluding carboxylic acids is 1. The largest absolute Gasteiger partial charge is 0.367 e. The molecule has 0 bridgehead atoms. The number of piperidine rings is 1. The van der Waals surface area contributed by atoms with Crippen LogP contribution in [0, 0.1) is 0 Å². The van der Waals surface area contributed by atoms with Crippen LogP contribution in [0.15, 0.2) is 23.1 Å². The lowest BCUT2D eigenvalue weighted by Gasteiger charge is -2.35. The molecule has 156 valence electrons. The molecule has 0 spiro atoms. The first-order chi connectivity index (χ1) is 13.4. The molecule has 1 N–H and O–H groups in total. The lowest BCUT2D eigenvalue weighted by atomic mass is 10.2. The zero-order valence-corrected chi connectivity index (χ0v) is 17.8. The highest BCUT2D eigenvalue weighted by atomic mass is 32.2. The van der Waals surface area contributed by atoms with E-state index in [-0.39, 0.29) is 10.8 Å². The molecule has 3 rings (SSSR count). The predicted octanol–water partition coefficient (Wildman–Crippen LogP) is 2.35. The Bertz CT molecular complexity index is 783. The normalized spacial score (nSPS) is 19.6. The SMILES string of the molecule is CCCC(=O)Nc1cc(S(=O)(=O)N2CCCCC2)ccc1N1CCN(C)CC1. The van der Waals surface area contributed by atoms with Crippen LogP contribution in [0.1, 0.15) is 39.0 Å². The van der Waals surface area contributed by atoms with Gasteiger partial charge in [0.1, 0.15) is 0 Å². The van der Waals surface area contributed by atoms with E-state index < -0.39 is 10.0 Å². The molecule has 1 amide bonds. The standard InChI is InChI=1S/C20H32N4O3S/c1-3-7-20(25)21-18-16-17(28(26,27)24-10-5-4-6-11-24)8-9-19(18)23-14-12-22(2)13-15-23/h8-9,16H,3-7,10-15H2,1-2H3,(H,21,25). The first-order valence-corrected chi connectivity index (χ1v) is 11.7. The van der Waals surface area contributed by atoms with E-state index in [0.717, 1.165) is 57.5 Å². The Labute approximate surface area is 168 Å². The molecule has 2 aliphatic heterocycles. The molecule has 2 fully saturated rings. The van der Waals surface area contributed by atoms with Gasteiger partial charge in [0.05, 0.1) is 16.3 Å². The highest BCUT2D eigenvalue weighted by molar-refractivity contribution is 7.89. The number of anilines is 2. The summed E-state index contributed by atoms with van der Waals surface area (Å²) < 4.78 is 27.7. The van der Waals surface area contributed by atoms with Gasteiger partial charge in [-0.15, -0.1) is 0 Å². The number of likely N-dealkylation sites (N-methyl/N-ethyl adjacent to an activating group) is 1. The second-order valence-electron chi connectivity index (χ2n) is 7.73. The number of nitrogens with one attached hydrogen (secondary N) is 1. The summed E-state index contributed by atoms with van der Waals surface area (Å²) in [7, 11) is -1.44. The van der Waals surface area contributed by atoms with Crippen LogP contribution < -0.4 is 10.2 Å². The van der Waals surface area contributed by atoms with E-state index >= 15 is 0 Å². The van der Waals surface area contributed by atoms with Crippen LogP contribution in [0.3, 0.4) is 0 Å². The highest BCUT2D eigenvalue weighted by Crippen LogP contribution is 2.32. The summed E-state index contributed by atoms with van der Waals surface area (Å²) in [5, 5.41) is 2.96. The first kappa shape index (κ1) is 21.1. The highest BCUT2D eigenvalue weighted by Gasteiger charge is 2.27. The lowest BCUT2D eigenvalue weighted by Crippen LogP contribution is -2.44. The molecular formula is C20H32N4O3S. The molecule has 0 saturated carbocycles. The minimum absolute atomic E-state index is 0.0783. The van der Waals surface area contributed by atoms with Crippen LogP contribution in [-0.2, 0) is 14.8 Å². The maximum Gasteiger partial charge on any atom is 0.243 e. The predicted molar refractivity (Wildman–Crippen MR) is 112 cm³/mol. The molecule has 0 aliphatic carbocycles. The van der Waals surface area contributed by atoms with Gasteiger partial charge in [-0.3, -0.25) is 4.79 Å². The van der Waals surface area contributed by atoms with Crippen molar-refractivity contribution in [1.29, 1.82) is 0 Å². The van der Waals surface area contributed by atoms with E-state index in [1.54, 1.807) is 16.4 Å². The average Bonchev–Trinajstić information content (AvgIpc) is 2.69. The second kappa shape index (κ2) is 9.24. The molecule has 7 nitrogen and oxygen atoms in total. The van der Waals surface area contributed by atoms with Crippen molar-refractivity contribution in [2.75, 3.05) is 56.5 Å². The van der Waals surface area contributed by atoms with E-state index in [0.29, 0.717) is 25.2 Å². The molecule has 2 aliphatic rings. The third-order valence-electron chi connectivity index (χ3n) is 5.52. The number of nitrogens with zero attached hydrogens (tertiary/aromatic N) is 3. The fourth-order valence-electron chi connectivity index (χ4n) is 3.79. The third-order valence-corrected chi connectivity index (χ3v) is 7.41. The molecule has 0 atom stereocenters. The topological polar surface area (TPSA) is 73.0 Å². The van der Waals surface area contributed by atoms with Gasteiger partial charge in [-0.05, 0) is 44.5 Å². The van der Waals surface area contributed by atoms with E-state index in [1.807, 2.05) is 13.0 Å². The van der Waals surface area contributed by atoms with E-state index in [1.165, 1.54) is 0 Å². The first-order valence-electron chi connectivity index (χ1n) is 10.3. The average molecular weight is 409 g/mol. The molecule has 1 aromatic rings. The molecule has 1 aromatic carbocycles. The number of amides is 1. The van der Waals surface area contributed by atoms with Crippen molar-refractivity contribution in [2.24, 2.45) is 0 Å². The van der Waals surface area contributed by atoms with E-state index in [2.05, 4.69) is 22.2 Å². The van der Waals surface area contributed by atoms with Crippen molar-refractivity contribution in [3.05, 3.63) is 18.2 Å².